The molecule has 25 heavy (non-hydrogen) atoms. The van der Waals surface area contributed by atoms with E-state index >= 15 is 0 Å². The zero-order valence-electron chi connectivity index (χ0n) is 12.6. The Morgan fingerprint density at radius 2 is 1.28 bits per heavy atom. The van der Waals surface area contributed by atoms with Crippen molar-refractivity contribution in [3.05, 3.63) is 85.3 Å². The molecule has 3 aromatic rings. The number of rotatable bonds is 4. The van der Waals surface area contributed by atoms with Gasteiger partial charge in [-0.05, 0) is 35.9 Å². The summed E-state index contributed by atoms with van der Waals surface area (Å²) in [6.07, 6.45) is 0. The van der Waals surface area contributed by atoms with Crippen LogP contribution in [0, 0.1) is 20.2 Å². The summed E-state index contributed by atoms with van der Waals surface area (Å²) in [4.78, 5) is 38.6. The van der Waals surface area contributed by atoms with Crippen LogP contribution >= 0.6 is 0 Å². The van der Waals surface area contributed by atoms with Gasteiger partial charge in [0.25, 0.3) is 11.4 Å². The second-order valence-electron chi connectivity index (χ2n) is 5.09. The summed E-state index contributed by atoms with van der Waals surface area (Å²) in [6, 6.07) is 12.9. The van der Waals surface area contributed by atoms with Crippen LogP contribution in [0.25, 0.3) is 22.5 Å². The second kappa shape index (κ2) is 6.32. The number of benzene rings is 2. The molecule has 0 radical (unpaired) electrons. The first-order chi connectivity index (χ1) is 11.9. The molecule has 124 valence electrons. The molecule has 0 unspecified atom stereocenters. The zero-order valence-corrected chi connectivity index (χ0v) is 12.6. The number of aromatic amines is 1. The highest BCUT2D eigenvalue weighted by Crippen LogP contribution is 2.25. The smallest absolute Gasteiger partial charge is 0.305 e. The molecule has 2 aromatic carbocycles. The minimum atomic E-state index is -0.593. The highest BCUT2D eigenvalue weighted by Gasteiger charge is 2.10. The number of hydrogen-bond acceptors (Lipinski definition) is 6. The van der Waals surface area contributed by atoms with Crippen molar-refractivity contribution in [1.29, 1.82) is 0 Å². The first kappa shape index (κ1) is 16.0. The van der Waals surface area contributed by atoms with Gasteiger partial charge in [-0.2, -0.15) is 4.98 Å². The average Bonchev–Trinajstić information content (AvgIpc) is 2.61. The van der Waals surface area contributed by atoms with Gasteiger partial charge in [0.15, 0.2) is 0 Å². The fourth-order valence-electron chi connectivity index (χ4n) is 2.28. The van der Waals surface area contributed by atoms with Gasteiger partial charge in [-0.1, -0.05) is 0 Å². The number of nitrogens with zero attached hydrogens (tertiary/aromatic N) is 3. The Labute approximate surface area is 139 Å². The summed E-state index contributed by atoms with van der Waals surface area (Å²) < 4.78 is 0. The van der Waals surface area contributed by atoms with Crippen molar-refractivity contribution < 1.29 is 9.85 Å². The van der Waals surface area contributed by atoms with Gasteiger partial charge >= 0.3 is 5.69 Å². The summed E-state index contributed by atoms with van der Waals surface area (Å²) in [5.74, 6) is 0. The predicted molar refractivity (Wildman–Crippen MR) is 89.0 cm³/mol. The van der Waals surface area contributed by atoms with Crippen molar-refractivity contribution in [1.82, 2.24) is 9.97 Å². The Kier molecular flexibility index (Phi) is 4.04. The van der Waals surface area contributed by atoms with Gasteiger partial charge in [0.05, 0.1) is 21.2 Å². The number of H-pyrrole nitrogens is 1. The van der Waals surface area contributed by atoms with E-state index in [2.05, 4.69) is 9.97 Å². The first-order valence-corrected chi connectivity index (χ1v) is 7.05. The maximum Gasteiger partial charge on any atom is 0.345 e. The van der Waals surface area contributed by atoms with Crippen LogP contribution < -0.4 is 5.69 Å². The summed E-state index contributed by atoms with van der Waals surface area (Å²) in [6.45, 7) is 0. The molecule has 1 heterocycles. The molecule has 0 aliphatic rings. The monoisotopic (exact) mass is 338 g/mol. The van der Waals surface area contributed by atoms with Gasteiger partial charge in [0, 0.05) is 29.8 Å². The lowest BCUT2D eigenvalue weighted by atomic mass is 10.1. The molecule has 0 aliphatic heterocycles. The molecule has 0 saturated carbocycles. The third-order valence-electron chi connectivity index (χ3n) is 3.51. The number of nitro groups is 2. The Balaban J connectivity index is 2.01. The van der Waals surface area contributed by atoms with E-state index in [0.29, 0.717) is 22.5 Å². The average molecular weight is 338 g/mol. The maximum atomic E-state index is 11.8. The van der Waals surface area contributed by atoms with Gasteiger partial charge in [-0.15, -0.1) is 0 Å². The molecule has 0 spiro atoms. The van der Waals surface area contributed by atoms with Gasteiger partial charge in [0.1, 0.15) is 0 Å². The fraction of sp³-hybridized carbons (Fsp3) is 0. The van der Waals surface area contributed by atoms with E-state index in [0.717, 1.165) is 0 Å². The predicted octanol–water partition coefficient (Wildman–Crippen LogP) is 2.92. The van der Waals surface area contributed by atoms with Crippen molar-refractivity contribution in [2.45, 2.75) is 0 Å². The third-order valence-corrected chi connectivity index (χ3v) is 3.51. The molecular weight excluding hydrogens is 328 g/mol. The number of nitrogens with one attached hydrogen (secondary N) is 1. The molecule has 9 nitrogen and oxygen atoms in total. The second-order valence-corrected chi connectivity index (χ2v) is 5.09. The quantitative estimate of drug-likeness (QED) is 0.574. The topological polar surface area (TPSA) is 132 Å². The van der Waals surface area contributed by atoms with E-state index in [1.165, 1.54) is 48.5 Å². The van der Waals surface area contributed by atoms with E-state index in [4.69, 9.17) is 0 Å². The molecule has 0 amide bonds. The molecule has 9 heteroatoms. The normalized spacial score (nSPS) is 10.4. The Hall–Kier alpha value is -3.88. The van der Waals surface area contributed by atoms with Crippen LogP contribution in [-0.4, -0.2) is 19.8 Å². The lowest BCUT2D eigenvalue weighted by Crippen LogP contribution is -2.11. The van der Waals surface area contributed by atoms with Crippen LogP contribution in [0.2, 0.25) is 0 Å². The molecule has 1 aromatic heterocycles. The Morgan fingerprint density at radius 3 is 1.76 bits per heavy atom. The van der Waals surface area contributed by atoms with E-state index in [9.17, 15) is 25.0 Å². The van der Waals surface area contributed by atoms with Crippen molar-refractivity contribution in [2.24, 2.45) is 0 Å². The molecule has 0 aliphatic carbocycles. The molecule has 0 atom stereocenters. The summed E-state index contributed by atoms with van der Waals surface area (Å²) in [5, 5.41) is 21.4. The minimum Gasteiger partial charge on any atom is -0.305 e. The van der Waals surface area contributed by atoms with Crippen LogP contribution in [-0.2, 0) is 0 Å². The summed E-state index contributed by atoms with van der Waals surface area (Å²) >= 11 is 0. The summed E-state index contributed by atoms with van der Waals surface area (Å²) in [5.41, 5.74) is 1.17. The SMILES string of the molecule is O=c1nc(-c2ccc([N+](=O)[O-])cc2)cc(-c2ccc([N+](=O)[O-])cc2)[nH]1. The number of nitro benzene ring substituents is 2. The van der Waals surface area contributed by atoms with Crippen molar-refractivity contribution in [2.75, 3.05) is 0 Å². The van der Waals surface area contributed by atoms with Crippen molar-refractivity contribution in [3.8, 4) is 22.5 Å². The highest BCUT2D eigenvalue weighted by atomic mass is 16.6. The molecule has 0 saturated heterocycles. The molecule has 0 bridgehead atoms. The molecular formula is C16H10N4O5. The largest absolute Gasteiger partial charge is 0.345 e. The highest BCUT2D eigenvalue weighted by molar-refractivity contribution is 5.68. The minimum absolute atomic E-state index is 0.0595. The fourth-order valence-corrected chi connectivity index (χ4v) is 2.28. The third kappa shape index (κ3) is 3.39. The zero-order chi connectivity index (χ0) is 18.0. The Morgan fingerprint density at radius 1 is 0.800 bits per heavy atom. The molecule has 0 fully saturated rings. The number of hydrogen-bond donors (Lipinski definition) is 1. The van der Waals surface area contributed by atoms with Crippen LogP contribution in [0.4, 0.5) is 11.4 Å². The van der Waals surface area contributed by atoms with Crippen molar-refractivity contribution >= 4 is 11.4 Å². The van der Waals surface area contributed by atoms with E-state index < -0.39 is 15.5 Å². The van der Waals surface area contributed by atoms with Gasteiger partial charge in [-0.3, -0.25) is 20.2 Å². The lowest BCUT2D eigenvalue weighted by molar-refractivity contribution is -0.385. The van der Waals surface area contributed by atoms with Crippen LogP contribution in [0.1, 0.15) is 0 Å². The van der Waals surface area contributed by atoms with Gasteiger partial charge in [-0.25, -0.2) is 4.79 Å². The number of aromatic nitrogens is 2. The maximum absolute atomic E-state index is 11.8. The first-order valence-electron chi connectivity index (χ1n) is 7.05. The van der Waals surface area contributed by atoms with Gasteiger partial charge in [0.2, 0.25) is 0 Å². The number of non-ortho nitro benzene ring substituents is 2. The molecule has 3 rings (SSSR count). The van der Waals surface area contributed by atoms with Crippen molar-refractivity contribution in [3.63, 3.8) is 0 Å². The van der Waals surface area contributed by atoms with Crippen LogP contribution in [0.15, 0.2) is 59.4 Å². The van der Waals surface area contributed by atoms with Crippen LogP contribution in [0.5, 0.6) is 0 Å². The van der Waals surface area contributed by atoms with E-state index in [-0.39, 0.29) is 11.4 Å². The van der Waals surface area contributed by atoms with E-state index in [1.54, 1.807) is 6.07 Å². The lowest BCUT2D eigenvalue weighted by Gasteiger charge is -2.05. The van der Waals surface area contributed by atoms with E-state index in [1.807, 2.05) is 0 Å². The molecule has 1 N–H and O–H groups in total. The standard InChI is InChI=1S/C16H10N4O5/c21-16-17-14(10-1-5-12(6-2-10)19(22)23)9-15(18-16)11-3-7-13(8-4-11)20(24)25/h1-9H,(H,17,18,21). The van der Waals surface area contributed by atoms with Crippen LogP contribution in [0.3, 0.4) is 0 Å². The Bertz CT molecular complexity index is 931. The van der Waals surface area contributed by atoms with Gasteiger partial charge < -0.3 is 4.98 Å². The summed E-state index contributed by atoms with van der Waals surface area (Å²) in [7, 11) is 0.